The van der Waals surface area contributed by atoms with E-state index in [1.54, 1.807) is 0 Å². The molecule has 0 N–H and O–H groups in total. The molecule has 82 valence electrons. The number of hydrogen-bond acceptors (Lipinski definition) is 2. The van der Waals surface area contributed by atoms with Crippen LogP contribution >= 0.6 is 0 Å². The molecule has 1 saturated carbocycles. The number of esters is 1. The van der Waals surface area contributed by atoms with Crippen LogP contribution in [0.3, 0.4) is 0 Å². The van der Waals surface area contributed by atoms with Gasteiger partial charge in [0.1, 0.15) is 0 Å². The Labute approximate surface area is 87.0 Å². The summed E-state index contributed by atoms with van der Waals surface area (Å²) in [6.07, 6.45) is 11.1. The molecule has 1 fully saturated rings. The van der Waals surface area contributed by atoms with Crippen LogP contribution in [0.5, 0.6) is 0 Å². The summed E-state index contributed by atoms with van der Waals surface area (Å²) in [6, 6.07) is 0. The van der Waals surface area contributed by atoms with Crippen LogP contribution in [0.2, 0.25) is 0 Å². The van der Waals surface area contributed by atoms with Gasteiger partial charge in [-0.05, 0) is 12.8 Å². The monoisotopic (exact) mass is 198 g/mol. The number of methoxy groups -OCH3 is 1. The molecule has 0 heterocycles. The lowest BCUT2D eigenvalue weighted by molar-refractivity contribution is -0.146. The third kappa shape index (κ3) is 4.12. The van der Waals surface area contributed by atoms with Gasteiger partial charge in [-0.3, -0.25) is 4.79 Å². The first-order valence-electron chi connectivity index (χ1n) is 5.92. The van der Waals surface area contributed by atoms with E-state index in [0.29, 0.717) is 0 Å². The Morgan fingerprint density at radius 2 is 1.36 bits per heavy atom. The van der Waals surface area contributed by atoms with Crippen molar-refractivity contribution in [2.75, 3.05) is 7.11 Å². The van der Waals surface area contributed by atoms with E-state index in [1.165, 1.54) is 52.1 Å². The van der Waals surface area contributed by atoms with Gasteiger partial charge in [0, 0.05) is 0 Å². The van der Waals surface area contributed by atoms with E-state index in [9.17, 15) is 4.79 Å². The predicted molar refractivity (Wildman–Crippen MR) is 57.1 cm³/mol. The van der Waals surface area contributed by atoms with Crippen molar-refractivity contribution < 1.29 is 9.53 Å². The van der Waals surface area contributed by atoms with Gasteiger partial charge >= 0.3 is 5.97 Å². The van der Waals surface area contributed by atoms with Crippen molar-refractivity contribution in [1.82, 2.24) is 0 Å². The van der Waals surface area contributed by atoms with Crippen LogP contribution in [-0.2, 0) is 9.53 Å². The lowest BCUT2D eigenvalue weighted by Crippen LogP contribution is -2.16. The normalized spacial score (nSPS) is 21.5. The highest BCUT2D eigenvalue weighted by molar-refractivity contribution is 5.72. The lowest BCUT2D eigenvalue weighted by Gasteiger charge is -2.15. The molecule has 0 aromatic rings. The fraction of sp³-hybridized carbons (Fsp3) is 0.917. The van der Waals surface area contributed by atoms with E-state index in [4.69, 9.17) is 4.74 Å². The molecule has 0 saturated heterocycles. The van der Waals surface area contributed by atoms with Crippen LogP contribution in [0.4, 0.5) is 0 Å². The van der Waals surface area contributed by atoms with Crippen LogP contribution < -0.4 is 0 Å². The summed E-state index contributed by atoms with van der Waals surface area (Å²) < 4.78 is 4.82. The second-order valence-corrected chi connectivity index (χ2v) is 4.27. The topological polar surface area (TPSA) is 26.3 Å². The minimum absolute atomic E-state index is 0.00516. The highest BCUT2D eigenvalue weighted by atomic mass is 16.5. The van der Waals surface area contributed by atoms with Gasteiger partial charge in [0.25, 0.3) is 0 Å². The average molecular weight is 198 g/mol. The molecule has 0 aromatic heterocycles. The second kappa shape index (κ2) is 6.86. The van der Waals surface area contributed by atoms with E-state index in [-0.39, 0.29) is 11.9 Å². The van der Waals surface area contributed by atoms with E-state index in [0.717, 1.165) is 12.8 Å². The molecule has 0 amide bonds. The molecular formula is C12H22O2. The van der Waals surface area contributed by atoms with E-state index in [2.05, 4.69) is 0 Å². The van der Waals surface area contributed by atoms with Gasteiger partial charge in [-0.25, -0.2) is 0 Å². The molecule has 0 unspecified atom stereocenters. The van der Waals surface area contributed by atoms with Crippen LogP contribution in [0.1, 0.15) is 57.8 Å². The van der Waals surface area contributed by atoms with Gasteiger partial charge < -0.3 is 4.74 Å². The van der Waals surface area contributed by atoms with Gasteiger partial charge in [0.15, 0.2) is 0 Å². The van der Waals surface area contributed by atoms with Crippen molar-refractivity contribution in [3.05, 3.63) is 0 Å². The average Bonchev–Trinajstić information content (AvgIpc) is 2.24. The van der Waals surface area contributed by atoms with Crippen molar-refractivity contribution >= 4 is 5.97 Å². The van der Waals surface area contributed by atoms with Crippen LogP contribution in [0, 0.1) is 5.92 Å². The minimum Gasteiger partial charge on any atom is -0.469 e. The Morgan fingerprint density at radius 3 is 1.79 bits per heavy atom. The van der Waals surface area contributed by atoms with Gasteiger partial charge in [-0.1, -0.05) is 44.9 Å². The van der Waals surface area contributed by atoms with Crippen molar-refractivity contribution in [2.45, 2.75) is 57.8 Å². The summed E-state index contributed by atoms with van der Waals surface area (Å²) in [6.45, 7) is 0. The fourth-order valence-electron chi connectivity index (χ4n) is 2.21. The number of hydrogen-bond donors (Lipinski definition) is 0. The molecule has 2 heteroatoms. The summed E-state index contributed by atoms with van der Waals surface area (Å²) in [5.74, 6) is 0.184. The second-order valence-electron chi connectivity index (χ2n) is 4.27. The predicted octanol–water partition coefficient (Wildman–Crippen LogP) is 3.30. The Hall–Kier alpha value is -0.530. The maximum Gasteiger partial charge on any atom is 0.308 e. The smallest absolute Gasteiger partial charge is 0.308 e. The summed E-state index contributed by atoms with van der Waals surface area (Å²) >= 11 is 0. The van der Waals surface area contributed by atoms with Crippen LogP contribution in [0.15, 0.2) is 0 Å². The third-order valence-electron chi connectivity index (χ3n) is 3.14. The fourth-order valence-corrected chi connectivity index (χ4v) is 2.21. The van der Waals surface area contributed by atoms with Gasteiger partial charge in [-0.2, -0.15) is 0 Å². The summed E-state index contributed by atoms with van der Waals surface area (Å²) in [4.78, 5) is 11.4. The van der Waals surface area contributed by atoms with Crippen LogP contribution in [-0.4, -0.2) is 13.1 Å². The number of rotatable bonds is 1. The van der Waals surface area contributed by atoms with E-state index < -0.39 is 0 Å². The Balaban J connectivity index is 2.34. The number of carbonyl (C=O) groups is 1. The van der Waals surface area contributed by atoms with Crippen molar-refractivity contribution in [3.8, 4) is 0 Å². The summed E-state index contributed by atoms with van der Waals surface area (Å²) in [5.41, 5.74) is 0. The summed E-state index contributed by atoms with van der Waals surface area (Å²) in [5, 5.41) is 0. The maximum absolute atomic E-state index is 11.4. The van der Waals surface area contributed by atoms with Crippen molar-refractivity contribution in [2.24, 2.45) is 5.92 Å². The molecule has 14 heavy (non-hydrogen) atoms. The SMILES string of the molecule is COC(=O)C1CCCCCCCCC1. The van der Waals surface area contributed by atoms with Gasteiger partial charge in [0.2, 0.25) is 0 Å². The quantitative estimate of drug-likeness (QED) is 0.604. The molecule has 0 aromatic carbocycles. The Kier molecular flexibility index (Phi) is 5.65. The zero-order chi connectivity index (χ0) is 10.2. The first-order chi connectivity index (χ1) is 6.84. The molecule has 0 bridgehead atoms. The first-order valence-corrected chi connectivity index (χ1v) is 5.92. The maximum atomic E-state index is 11.4. The molecular weight excluding hydrogens is 176 g/mol. The molecule has 1 aliphatic rings. The van der Waals surface area contributed by atoms with Crippen molar-refractivity contribution in [3.63, 3.8) is 0 Å². The zero-order valence-corrected chi connectivity index (χ0v) is 9.26. The van der Waals surface area contributed by atoms with E-state index in [1.807, 2.05) is 0 Å². The summed E-state index contributed by atoms with van der Waals surface area (Å²) in [7, 11) is 1.50. The lowest BCUT2D eigenvalue weighted by atomic mass is 9.92. The molecule has 1 aliphatic carbocycles. The van der Waals surface area contributed by atoms with Gasteiger partial charge in [0.05, 0.1) is 13.0 Å². The molecule has 0 spiro atoms. The van der Waals surface area contributed by atoms with Crippen molar-refractivity contribution in [1.29, 1.82) is 0 Å². The molecule has 0 radical (unpaired) electrons. The Morgan fingerprint density at radius 1 is 0.929 bits per heavy atom. The first kappa shape index (κ1) is 11.5. The number of ether oxygens (including phenoxy) is 1. The number of carbonyl (C=O) groups excluding carboxylic acids is 1. The van der Waals surface area contributed by atoms with Gasteiger partial charge in [-0.15, -0.1) is 0 Å². The highest BCUT2D eigenvalue weighted by Gasteiger charge is 2.18. The molecule has 2 nitrogen and oxygen atoms in total. The largest absolute Gasteiger partial charge is 0.469 e. The standard InChI is InChI=1S/C12H22O2/c1-14-12(13)11-9-7-5-3-2-4-6-8-10-11/h11H,2-10H2,1H3. The molecule has 1 rings (SSSR count). The van der Waals surface area contributed by atoms with Crippen LogP contribution in [0.25, 0.3) is 0 Å². The van der Waals surface area contributed by atoms with E-state index >= 15 is 0 Å². The third-order valence-corrected chi connectivity index (χ3v) is 3.14. The molecule has 0 aliphatic heterocycles. The minimum atomic E-state index is 0.00516. The highest BCUT2D eigenvalue weighted by Crippen LogP contribution is 2.22. The molecule has 0 atom stereocenters. The zero-order valence-electron chi connectivity index (χ0n) is 9.26. The Bertz CT molecular complexity index is 156.